The number of carbonyl (C=O) groups is 1. The summed E-state index contributed by atoms with van der Waals surface area (Å²) in [7, 11) is 1.66. The fourth-order valence-corrected chi connectivity index (χ4v) is 3.73. The van der Waals surface area contributed by atoms with Crippen LogP contribution in [0, 0.1) is 6.92 Å². The number of pyridine rings is 1. The molecule has 2 heterocycles. The highest BCUT2D eigenvalue weighted by Gasteiger charge is 2.22. The van der Waals surface area contributed by atoms with Gasteiger partial charge in [0.15, 0.2) is 0 Å². The van der Waals surface area contributed by atoms with Crippen LogP contribution in [0.1, 0.15) is 39.2 Å². The van der Waals surface area contributed by atoms with E-state index >= 15 is 0 Å². The van der Waals surface area contributed by atoms with Crippen molar-refractivity contribution in [2.75, 3.05) is 7.05 Å². The normalized spacial score (nSPS) is 12.8. The summed E-state index contributed by atoms with van der Waals surface area (Å²) >= 11 is 0. The molecule has 0 atom stereocenters. The monoisotopic (exact) mass is 363 g/mol. The Morgan fingerprint density at radius 3 is 2.89 bits per heavy atom. The van der Waals surface area contributed by atoms with Crippen LogP contribution in [0.15, 0.2) is 52.1 Å². The lowest BCUT2D eigenvalue weighted by molar-refractivity contribution is 0.0779. The molecule has 1 amide bonds. The smallest absolute Gasteiger partial charge is 0.268 e. The molecule has 6 heteroatoms. The molecule has 0 saturated heterocycles. The van der Waals surface area contributed by atoms with Crippen molar-refractivity contribution in [1.29, 1.82) is 0 Å². The van der Waals surface area contributed by atoms with E-state index in [0.29, 0.717) is 11.3 Å². The van der Waals surface area contributed by atoms with Crippen molar-refractivity contribution in [3.8, 4) is 5.69 Å². The Kier molecular flexibility index (Phi) is 4.39. The summed E-state index contributed by atoms with van der Waals surface area (Å²) in [5.41, 5.74) is 4.59. The van der Waals surface area contributed by atoms with Gasteiger partial charge in [0.25, 0.3) is 11.5 Å². The molecule has 0 saturated carbocycles. The first-order valence-electron chi connectivity index (χ1n) is 9.04. The summed E-state index contributed by atoms with van der Waals surface area (Å²) in [6, 6.07) is 9.57. The largest absolute Gasteiger partial charge is 0.364 e. The molecule has 0 fully saturated rings. The molecule has 0 aliphatic heterocycles. The van der Waals surface area contributed by atoms with Crippen LogP contribution in [0.2, 0.25) is 0 Å². The third-order valence-corrected chi connectivity index (χ3v) is 5.13. The zero-order chi connectivity index (χ0) is 19.0. The molecule has 0 bridgehead atoms. The number of hydrogen-bond donors (Lipinski definition) is 0. The average molecular weight is 363 g/mol. The number of amides is 1. The molecular formula is C21H21N3O3. The number of carbonyl (C=O) groups excluding carboxylic acids is 1. The predicted molar refractivity (Wildman–Crippen MR) is 101 cm³/mol. The van der Waals surface area contributed by atoms with Gasteiger partial charge in [-0.15, -0.1) is 0 Å². The minimum absolute atomic E-state index is 0.194. The molecule has 1 aromatic carbocycles. The number of hydrogen-bond acceptors (Lipinski definition) is 4. The third kappa shape index (κ3) is 3.07. The molecule has 27 heavy (non-hydrogen) atoms. The summed E-state index contributed by atoms with van der Waals surface area (Å²) in [5, 5.41) is 3.83. The van der Waals surface area contributed by atoms with Crippen molar-refractivity contribution in [2.24, 2.45) is 0 Å². The maximum Gasteiger partial charge on any atom is 0.268 e. The second-order valence-corrected chi connectivity index (χ2v) is 6.97. The zero-order valence-electron chi connectivity index (χ0n) is 15.4. The summed E-state index contributed by atoms with van der Waals surface area (Å²) in [5.74, 6) is -0.317. The Morgan fingerprint density at radius 1 is 1.26 bits per heavy atom. The lowest BCUT2D eigenvalue weighted by atomic mass is 10.1. The van der Waals surface area contributed by atoms with E-state index in [0.717, 1.165) is 24.9 Å². The Bertz CT molecular complexity index is 1050. The maximum absolute atomic E-state index is 13.2. The molecule has 0 spiro atoms. The number of rotatable bonds is 4. The molecule has 6 nitrogen and oxygen atoms in total. The van der Waals surface area contributed by atoms with Crippen molar-refractivity contribution in [1.82, 2.24) is 14.6 Å². The minimum Gasteiger partial charge on any atom is -0.364 e. The van der Waals surface area contributed by atoms with Crippen LogP contribution < -0.4 is 5.56 Å². The van der Waals surface area contributed by atoms with E-state index < -0.39 is 0 Å². The molecule has 1 aliphatic carbocycles. The molecule has 2 aromatic heterocycles. The predicted octanol–water partition coefficient (Wildman–Crippen LogP) is 2.89. The Morgan fingerprint density at radius 2 is 2.11 bits per heavy atom. The van der Waals surface area contributed by atoms with Crippen molar-refractivity contribution < 1.29 is 9.32 Å². The molecule has 0 unspecified atom stereocenters. The van der Waals surface area contributed by atoms with Gasteiger partial charge in [-0.3, -0.25) is 14.2 Å². The topological polar surface area (TPSA) is 68.3 Å². The van der Waals surface area contributed by atoms with Crippen molar-refractivity contribution in [3.05, 3.63) is 81.1 Å². The highest BCUT2D eigenvalue weighted by atomic mass is 16.5. The van der Waals surface area contributed by atoms with Gasteiger partial charge in [0.05, 0.1) is 12.2 Å². The summed E-state index contributed by atoms with van der Waals surface area (Å²) in [4.78, 5) is 27.7. The SMILES string of the molecule is Cc1ccn(-c2cccc3c2CCC3)c(=O)c1C(=O)N(C)Cc1ccon1. The van der Waals surface area contributed by atoms with Gasteiger partial charge in [0.1, 0.15) is 17.5 Å². The quantitative estimate of drug-likeness (QED) is 0.715. The standard InChI is InChI=1S/C21H21N3O3/c1-14-9-11-24(18-8-4-6-15-5-3-7-17(15)18)21(26)19(14)20(25)23(2)13-16-10-12-27-22-16/h4,6,8-12H,3,5,7,13H2,1-2H3. The summed E-state index contributed by atoms with van der Waals surface area (Å²) in [6.07, 6.45) is 6.32. The van der Waals surface area contributed by atoms with Crippen LogP contribution in [0.3, 0.4) is 0 Å². The van der Waals surface area contributed by atoms with Gasteiger partial charge in [-0.2, -0.15) is 0 Å². The molecule has 1 aliphatic rings. The average Bonchev–Trinajstić information content (AvgIpc) is 3.33. The van der Waals surface area contributed by atoms with Crippen LogP contribution in [0.5, 0.6) is 0 Å². The van der Waals surface area contributed by atoms with E-state index in [-0.39, 0.29) is 23.6 Å². The second kappa shape index (κ2) is 6.87. The fraction of sp³-hybridized carbons (Fsp3) is 0.286. The Balaban J connectivity index is 1.75. The van der Waals surface area contributed by atoms with Crippen molar-refractivity contribution in [3.63, 3.8) is 0 Å². The molecular weight excluding hydrogens is 342 g/mol. The van der Waals surface area contributed by atoms with Crippen LogP contribution >= 0.6 is 0 Å². The lowest BCUT2D eigenvalue weighted by Gasteiger charge is -2.18. The van der Waals surface area contributed by atoms with Gasteiger partial charge in [0.2, 0.25) is 0 Å². The van der Waals surface area contributed by atoms with E-state index in [1.54, 1.807) is 30.8 Å². The highest BCUT2D eigenvalue weighted by molar-refractivity contribution is 5.95. The zero-order valence-corrected chi connectivity index (χ0v) is 15.4. The first kappa shape index (κ1) is 17.3. The Hall–Kier alpha value is -3.15. The number of benzene rings is 1. The van der Waals surface area contributed by atoms with E-state index in [9.17, 15) is 9.59 Å². The van der Waals surface area contributed by atoms with E-state index in [1.807, 2.05) is 18.2 Å². The van der Waals surface area contributed by atoms with Gasteiger partial charge in [-0.25, -0.2) is 0 Å². The molecule has 0 radical (unpaired) electrons. The van der Waals surface area contributed by atoms with Gasteiger partial charge < -0.3 is 9.42 Å². The van der Waals surface area contributed by atoms with Crippen molar-refractivity contribution in [2.45, 2.75) is 32.7 Å². The van der Waals surface area contributed by atoms with E-state index in [2.05, 4.69) is 11.2 Å². The second-order valence-electron chi connectivity index (χ2n) is 6.97. The summed E-state index contributed by atoms with van der Waals surface area (Å²) in [6.45, 7) is 2.07. The molecule has 3 aromatic rings. The number of nitrogens with zero attached hydrogens (tertiary/aromatic N) is 3. The highest BCUT2D eigenvalue weighted by Crippen LogP contribution is 2.27. The van der Waals surface area contributed by atoms with Gasteiger partial charge in [-0.1, -0.05) is 17.3 Å². The van der Waals surface area contributed by atoms with E-state index in [4.69, 9.17) is 4.52 Å². The maximum atomic E-state index is 13.2. The molecule has 0 N–H and O–H groups in total. The van der Waals surface area contributed by atoms with Crippen LogP contribution in [-0.2, 0) is 19.4 Å². The minimum atomic E-state index is -0.317. The number of aryl methyl sites for hydroxylation is 2. The summed E-state index contributed by atoms with van der Waals surface area (Å²) < 4.78 is 6.42. The van der Waals surface area contributed by atoms with Gasteiger partial charge >= 0.3 is 0 Å². The van der Waals surface area contributed by atoms with Crippen LogP contribution in [0.4, 0.5) is 0 Å². The lowest BCUT2D eigenvalue weighted by Crippen LogP contribution is -2.35. The third-order valence-electron chi connectivity index (χ3n) is 5.13. The first-order chi connectivity index (χ1) is 13.1. The fourth-order valence-electron chi connectivity index (χ4n) is 3.73. The van der Waals surface area contributed by atoms with Crippen LogP contribution in [0.25, 0.3) is 5.69 Å². The van der Waals surface area contributed by atoms with Gasteiger partial charge in [-0.05, 0) is 55.0 Å². The molecule has 138 valence electrons. The first-order valence-corrected chi connectivity index (χ1v) is 9.04. The van der Waals surface area contributed by atoms with Crippen LogP contribution in [-0.4, -0.2) is 27.6 Å². The van der Waals surface area contributed by atoms with Crippen molar-refractivity contribution >= 4 is 5.91 Å². The number of aromatic nitrogens is 2. The van der Waals surface area contributed by atoms with E-state index in [1.165, 1.54) is 22.3 Å². The molecule has 4 rings (SSSR count). The van der Waals surface area contributed by atoms with Gasteiger partial charge in [0, 0.05) is 19.3 Å². The Labute approximate surface area is 157 Å². The number of fused-ring (bicyclic) bond motifs is 1.